The van der Waals surface area contributed by atoms with Crippen molar-refractivity contribution in [1.29, 1.82) is 0 Å². The molecule has 116 valence electrons. The Kier molecular flexibility index (Phi) is 6.96. The van der Waals surface area contributed by atoms with Crippen LogP contribution in [0.4, 0.5) is 0 Å². The van der Waals surface area contributed by atoms with Crippen molar-refractivity contribution in [3.8, 4) is 0 Å². The summed E-state index contributed by atoms with van der Waals surface area (Å²) in [6, 6.07) is -0.0142. The summed E-state index contributed by atoms with van der Waals surface area (Å²) in [6.07, 6.45) is 0. The van der Waals surface area contributed by atoms with Crippen LogP contribution < -0.4 is 5.73 Å². The fourth-order valence-corrected chi connectivity index (χ4v) is 3.11. The minimum Gasteiger partial charge on any atom is -0.415 e. The van der Waals surface area contributed by atoms with Gasteiger partial charge >= 0.3 is 0 Å². The van der Waals surface area contributed by atoms with E-state index >= 15 is 0 Å². The van der Waals surface area contributed by atoms with Gasteiger partial charge in [-0.15, -0.1) is 0 Å². The van der Waals surface area contributed by atoms with E-state index in [4.69, 9.17) is 14.6 Å². The Morgan fingerprint density at radius 2 is 1.37 bits per heavy atom. The lowest BCUT2D eigenvalue weighted by molar-refractivity contribution is 0.202. The average molecular weight is 306 g/mol. The van der Waals surface area contributed by atoms with Crippen LogP contribution in [0.15, 0.2) is 0 Å². The molecule has 0 rings (SSSR count). The summed E-state index contributed by atoms with van der Waals surface area (Å²) in [4.78, 5) is 0. The van der Waals surface area contributed by atoms with E-state index in [1.807, 2.05) is 0 Å². The molecule has 0 heterocycles. The third-order valence-corrected chi connectivity index (χ3v) is 12.7. The van der Waals surface area contributed by atoms with E-state index in [9.17, 15) is 0 Å². The van der Waals surface area contributed by atoms with Gasteiger partial charge in [0.15, 0.2) is 16.6 Å². The van der Waals surface area contributed by atoms with Crippen molar-refractivity contribution in [1.82, 2.24) is 0 Å². The van der Waals surface area contributed by atoms with E-state index in [2.05, 4.69) is 60.8 Å². The molecule has 0 aromatic carbocycles. The quantitative estimate of drug-likeness (QED) is 0.724. The molecule has 19 heavy (non-hydrogen) atoms. The summed E-state index contributed by atoms with van der Waals surface area (Å²) in [5, 5.41) is 0.236. The normalized spacial score (nSPS) is 15.9. The maximum atomic E-state index is 6.13. The molecule has 1 atom stereocenters. The van der Waals surface area contributed by atoms with Crippen LogP contribution in [0, 0.1) is 0 Å². The Bertz CT molecular complexity index is 273. The molecule has 0 unspecified atom stereocenters. The smallest absolute Gasteiger partial charge is 0.192 e. The number of hydrogen-bond donors (Lipinski definition) is 1. The van der Waals surface area contributed by atoms with Gasteiger partial charge in [-0.1, -0.05) is 34.6 Å². The number of hydrogen-bond acceptors (Lipinski definition) is 3. The minimum atomic E-state index is -1.69. The van der Waals surface area contributed by atoms with E-state index in [-0.39, 0.29) is 11.1 Å². The molecule has 0 fully saturated rings. The Morgan fingerprint density at radius 3 is 1.74 bits per heavy atom. The molecule has 3 nitrogen and oxygen atoms in total. The third-order valence-electron chi connectivity index (χ3n) is 4.52. The fraction of sp³-hybridized carbons (Fsp3) is 1.00. The fourth-order valence-electron chi connectivity index (χ4n) is 1.07. The van der Waals surface area contributed by atoms with Crippen molar-refractivity contribution in [2.75, 3.05) is 13.2 Å². The molecule has 0 saturated carbocycles. The highest BCUT2D eigenvalue weighted by Crippen LogP contribution is 2.36. The van der Waals surface area contributed by atoms with E-state index < -0.39 is 16.6 Å². The molecule has 0 aliphatic heterocycles. The van der Waals surface area contributed by atoms with Gasteiger partial charge < -0.3 is 14.6 Å². The molecule has 0 aliphatic rings. The second kappa shape index (κ2) is 6.85. The van der Waals surface area contributed by atoms with Gasteiger partial charge in [0.25, 0.3) is 0 Å². The number of rotatable bonds is 7. The summed E-state index contributed by atoms with van der Waals surface area (Å²) in [5.74, 6) is 0. The molecule has 0 aliphatic carbocycles. The van der Waals surface area contributed by atoms with Crippen LogP contribution in [-0.4, -0.2) is 35.9 Å². The Balaban J connectivity index is 4.18. The highest BCUT2D eigenvalue weighted by molar-refractivity contribution is 6.74. The molecule has 0 spiro atoms. The van der Waals surface area contributed by atoms with Crippen molar-refractivity contribution in [3.63, 3.8) is 0 Å². The van der Waals surface area contributed by atoms with Crippen LogP contribution in [0.5, 0.6) is 0 Å². The maximum Gasteiger partial charge on any atom is 0.192 e. The molecule has 5 heteroatoms. The number of nitrogens with two attached hydrogens (primary N) is 1. The van der Waals surface area contributed by atoms with E-state index in [0.29, 0.717) is 18.8 Å². The molecular weight excluding hydrogens is 270 g/mol. The zero-order valence-electron chi connectivity index (χ0n) is 14.5. The Morgan fingerprint density at radius 1 is 0.947 bits per heavy atom. The SMILES string of the molecule is CC(C)[Si](C)(C)OC[C@H](N)CO[Si](C)(C)C(C)(C)C. The molecule has 0 bridgehead atoms. The van der Waals surface area contributed by atoms with E-state index in [1.165, 1.54) is 0 Å². The molecule has 2 N–H and O–H groups in total. The van der Waals surface area contributed by atoms with E-state index in [0.717, 1.165) is 0 Å². The van der Waals surface area contributed by atoms with Crippen LogP contribution in [0.3, 0.4) is 0 Å². The first-order valence-corrected chi connectivity index (χ1v) is 13.2. The Hall–Kier alpha value is 0.314. The van der Waals surface area contributed by atoms with Gasteiger partial charge in [-0.2, -0.15) is 0 Å². The first-order chi connectivity index (χ1) is 8.29. The zero-order valence-corrected chi connectivity index (χ0v) is 16.5. The van der Waals surface area contributed by atoms with E-state index in [1.54, 1.807) is 0 Å². The van der Waals surface area contributed by atoms with Gasteiger partial charge in [-0.3, -0.25) is 0 Å². The monoisotopic (exact) mass is 305 g/mol. The maximum absolute atomic E-state index is 6.13. The van der Waals surface area contributed by atoms with Gasteiger partial charge in [-0.05, 0) is 36.8 Å². The van der Waals surface area contributed by atoms with Crippen LogP contribution >= 0.6 is 0 Å². The first kappa shape index (κ1) is 19.3. The summed E-state index contributed by atoms with van der Waals surface area (Å²) in [6.45, 7) is 21.4. The third kappa shape index (κ3) is 6.53. The second-order valence-corrected chi connectivity index (χ2v) is 17.4. The summed E-state index contributed by atoms with van der Waals surface area (Å²) >= 11 is 0. The highest BCUT2D eigenvalue weighted by Gasteiger charge is 2.37. The van der Waals surface area contributed by atoms with Gasteiger partial charge in [0.1, 0.15) is 0 Å². The van der Waals surface area contributed by atoms with Crippen molar-refractivity contribution in [2.24, 2.45) is 5.73 Å². The zero-order chi connectivity index (χ0) is 15.5. The van der Waals surface area contributed by atoms with Gasteiger partial charge in [0.05, 0.1) is 13.2 Å². The molecule has 0 saturated heterocycles. The van der Waals surface area contributed by atoms with Crippen molar-refractivity contribution in [3.05, 3.63) is 0 Å². The van der Waals surface area contributed by atoms with Gasteiger partial charge in [0, 0.05) is 6.04 Å². The van der Waals surface area contributed by atoms with Crippen LogP contribution in [0.25, 0.3) is 0 Å². The van der Waals surface area contributed by atoms with Gasteiger partial charge in [-0.25, -0.2) is 0 Å². The summed E-state index contributed by atoms with van der Waals surface area (Å²) in [7, 11) is -3.27. The summed E-state index contributed by atoms with van der Waals surface area (Å²) in [5.41, 5.74) is 6.74. The predicted molar refractivity (Wildman–Crippen MR) is 89.7 cm³/mol. The lowest BCUT2D eigenvalue weighted by Crippen LogP contribution is -2.46. The first-order valence-electron chi connectivity index (χ1n) is 7.33. The Labute approximate surface area is 122 Å². The molecule has 0 amide bonds. The van der Waals surface area contributed by atoms with Crippen LogP contribution in [0.1, 0.15) is 34.6 Å². The second-order valence-electron chi connectivity index (χ2n) is 7.90. The topological polar surface area (TPSA) is 44.5 Å². The lowest BCUT2D eigenvalue weighted by atomic mass is 10.2. The molecule has 0 aromatic rings. The van der Waals surface area contributed by atoms with Gasteiger partial charge in [0.2, 0.25) is 0 Å². The summed E-state index contributed by atoms with van der Waals surface area (Å²) < 4.78 is 12.2. The predicted octanol–water partition coefficient (Wildman–Crippen LogP) is 3.97. The van der Waals surface area contributed by atoms with Crippen LogP contribution in [0.2, 0.25) is 36.8 Å². The van der Waals surface area contributed by atoms with Crippen molar-refractivity contribution < 1.29 is 8.85 Å². The molecular formula is C14H35NO2Si2. The van der Waals surface area contributed by atoms with Crippen molar-refractivity contribution >= 4 is 16.6 Å². The average Bonchev–Trinajstić information content (AvgIpc) is 2.22. The highest BCUT2D eigenvalue weighted by atomic mass is 28.4. The largest absolute Gasteiger partial charge is 0.415 e. The molecule has 0 aromatic heterocycles. The lowest BCUT2D eigenvalue weighted by Gasteiger charge is -2.37. The minimum absolute atomic E-state index is 0.0142. The standard InChI is InChI=1S/C14H35NO2Si2/c1-12(2)18(6,7)16-10-13(15)11-17-19(8,9)14(3,4)5/h12-13H,10-11,15H2,1-9H3/t13-/m0/s1. The van der Waals surface area contributed by atoms with Crippen LogP contribution in [-0.2, 0) is 8.85 Å². The van der Waals surface area contributed by atoms with Crippen molar-refractivity contribution in [2.45, 2.75) is 77.4 Å². The molecule has 0 radical (unpaired) electrons.